The average molecular weight is 284 g/mol. The van der Waals surface area contributed by atoms with Gasteiger partial charge in [-0.25, -0.2) is 0 Å². The van der Waals surface area contributed by atoms with Crippen LogP contribution in [0.3, 0.4) is 0 Å². The quantitative estimate of drug-likeness (QED) is 0.290. The van der Waals surface area contributed by atoms with Gasteiger partial charge in [0.05, 0.1) is 0 Å². The summed E-state index contributed by atoms with van der Waals surface area (Å²) < 4.78 is 0. The molecule has 0 spiro atoms. The van der Waals surface area contributed by atoms with Gasteiger partial charge in [0.2, 0.25) is 0 Å². The van der Waals surface area contributed by atoms with Crippen molar-refractivity contribution in [2.45, 2.75) is 71.1 Å². The molecule has 0 fully saturated rings. The third-order valence-electron chi connectivity index (χ3n) is 3.74. The first-order valence-corrected chi connectivity index (χ1v) is 8.77. The number of allylic oxidation sites excluding steroid dienone is 4. The highest BCUT2D eigenvalue weighted by molar-refractivity contribution is 5.14. The zero-order chi connectivity index (χ0) is 15.0. The van der Waals surface area contributed by atoms with E-state index >= 15 is 0 Å². The van der Waals surface area contributed by atoms with Crippen molar-refractivity contribution in [1.82, 2.24) is 0 Å². The molecule has 0 radical (unpaired) electrons. The summed E-state index contributed by atoms with van der Waals surface area (Å²) in [5, 5.41) is 0. The smallest absolute Gasteiger partial charge is 0.0169 e. The highest BCUT2D eigenvalue weighted by atomic mass is 14.0. The lowest BCUT2D eigenvalue weighted by Gasteiger charge is -2.01. The van der Waals surface area contributed by atoms with E-state index in [0.717, 1.165) is 6.42 Å². The molecule has 0 aromatic heterocycles. The Labute approximate surface area is 132 Å². The maximum Gasteiger partial charge on any atom is -0.0169 e. The van der Waals surface area contributed by atoms with Gasteiger partial charge in [-0.05, 0) is 44.1 Å². The normalized spacial score (nSPS) is 11.7. The van der Waals surface area contributed by atoms with Crippen LogP contribution in [0.15, 0.2) is 54.6 Å². The fraction of sp³-hybridized carbons (Fsp3) is 0.524. The van der Waals surface area contributed by atoms with Gasteiger partial charge in [0.15, 0.2) is 0 Å². The lowest BCUT2D eigenvalue weighted by molar-refractivity contribution is 0.617. The molecule has 1 aromatic carbocycles. The summed E-state index contributed by atoms with van der Waals surface area (Å²) >= 11 is 0. The third-order valence-corrected chi connectivity index (χ3v) is 3.74. The minimum Gasteiger partial charge on any atom is -0.0882 e. The van der Waals surface area contributed by atoms with E-state index < -0.39 is 0 Å². The molecular formula is C21H32. The van der Waals surface area contributed by atoms with Crippen LogP contribution in [0.2, 0.25) is 0 Å². The molecule has 0 N–H and O–H groups in total. The van der Waals surface area contributed by atoms with Crippen LogP contribution in [0.1, 0.15) is 70.3 Å². The number of benzene rings is 1. The van der Waals surface area contributed by atoms with Crippen LogP contribution in [-0.2, 0) is 6.42 Å². The van der Waals surface area contributed by atoms with Crippen molar-refractivity contribution in [1.29, 1.82) is 0 Å². The number of hydrogen-bond donors (Lipinski definition) is 0. The number of unbranched alkanes of at least 4 members (excludes halogenated alkanes) is 6. The van der Waals surface area contributed by atoms with E-state index in [0.29, 0.717) is 0 Å². The molecule has 116 valence electrons. The maximum absolute atomic E-state index is 2.35. The molecule has 1 aromatic rings. The zero-order valence-corrected chi connectivity index (χ0v) is 13.8. The zero-order valence-electron chi connectivity index (χ0n) is 13.8. The van der Waals surface area contributed by atoms with Crippen LogP contribution in [0.25, 0.3) is 0 Å². The Kier molecular flexibility index (Phi) is 11.6. The van der Waals surface area contributed by atoms with Gasteiger partial charge in [0.1, 0.15) is 0 Å². The van der Waals surface area contributed by atoms with E-state index in [-0.39, 0.29) is 0 Å². The highest BCUT2D eigenvalue weighted by Crippen LogP contribution is 2.10. The molecule has 0 heteroatoms. The molecule has 0 heterocycles. The van der Waals surface area contributed by atoms with E-state index in [9.17, 15) is 0 Å². The van der Waals surface area contributed by atoms with Crippen LogP contribution in [-0.4, -0.2) is 0 Å². The SMILES string of the molecule is CCCC=CCC=CCCCCCCCc1ccccc1. The van der Waals surface area contributed by atoms with E-state index in [2.05, 4.69) is 61.6 Å². The summed E-state index contributed by atoms with van der Waals surface area (Å²) in [6.45, 7) is 2.22. The minimum absolute atomic E-state index is 1.11. The first-order valence-electron chi connectivity index (χ1n) is 8.77. The van der Waals surface area contributed by atoms with Crippen molar-refractivity contribution >= 4 is 0 Å². The Bertz CT molecular complexity index is 372. The second-order valence-electron chi connectivity index (χ2n) is 5.76. The largest absolute Gasteiger partial charge is 0.0882 e. The Morgan fingerprint density at radius 2 is 1.38 bits per heavy atom. The summed E-state index contributed by atoms with van der Waals surface area (Å²) in [6.07, 6.45) is 22.1. The van der Waals surface area contributed by atoms with Gasteiger partial charge in [0.25, 0.3) is 0 Å². The highest BCUT2D eigenvalue weighted by Gasteiger charge is 1.92. The Hall–Kier alpha value is -1.30. The minimum atomic E-state index is 1.11. The Morgan fingerprint density at radius 1 is 0.714 bits per heavy atom. The van der Waals surface area contributed by atoms with E-state index in [1.807, 2.05) is 0 Å². The van der Waals surface area contributed by atoms with Crippen LogP contribution >= 0.6 is 0 Å². The molecule has 0 bridgehead atoms. The van der Waals surface area contributed by atoms with Gasteiger partial charge < -0.3 is 0 Å². The Morgan fingerprint density at radius 3 is 2.14 bits per heavy atom. The molecule has 0 saturated carbocycles. The first-order chi connectivity index (χ1) is 10.4. The van der Waals surface area contributed by atoms with Crippen LogP contribution in [0.4, 0.5) is 0 Å². The van der Waals surface area contributed by atoms with Gasteiger partial charge in [-0.2, -0.15) is 0 Å². The van der Waals surface area contributed by atoms with E-state index in [1.165, 1.54) is 63.4 Å². The van der Waals surface area contributed by atoms with Crippen molar-refractivity contribution in [2.75, 3.05) is 0 Å². The van der Waals surface area contributed by atoms with E-state index in [4.69, 9.17) is 0 Å². The standard InChI is InChI=1S/C21H32/c1-2-3-4-5-6-7-8-9-10-11-12-13-15-18-21-19-16-14-17-20-21/h4-5,7-8,14,16-17,19-20H,2-3,6,9-13,15,18H2,1H3. The van der Waals surface area contributed by atoms with Gasteiger partial charge in [0, 0.05) is 0 Å². The number of rotatable bonds is 12. The molecule has 0 amide bonds. The first kappa shape index (κ1) is 17.8. The topological polar surface area (TPSA) is 0 Å². The summed E-state index contributed by atoms with van der Waals surface area (Å²) in [5.74, 6) is 0. The third kappa shape index (κ3) is 11.1. The van der Waals surface area contributed by atoms with Gasteiger partial charge in [-0.3, -0.25) is 0 Å². The van der Waals surface area contributed by atoms with Crippen molar-refractivity contribution in [3.8, 4) is 0 Å². The predicted octanol–water partition coefficient (Wildman–Crippen LogP) is 6.87. The fourth-order valence-electron chi connectivity index (χ4n) is 2.44. The van der Waals surface area contributed by atoms with Crippen LogP contribution < -0.4 is 0 Å². The summed E-state index contributed by atoms with van der Waals surface area (Å²) in [5.41, 5.74) is 1.48. The summed E-state index contributed by atoms with van der Waals surface area (Å²) in [4.78, 5) is 0. The van der Waals surface area contributed by atoms with E-state index in [1.54, 1.807) is 0 Å². The molecule has 0 aliphatic heterocycles. The predicted molar refractivity (Wildman–Crippen MR) is 95.7 cm³/mol. The number of aryl methyl sites for hydroxylation is 1. The molecule has 0 unspecified atom stereocenters. The Balaban J connectivity index is 1.85. The molecule has 0 atom stereocenters. The molecule has 0 aliphatic rings. The van der Waals surface area contributed by atoms with Crippen molar-refractivity contribution in [3.05, 3.63) is 60.2 Å². The second kappa shape index (κ2) is 13.7. The fourth-order valence-corrected chi connectivity index (χ4v) is 2.44. The van der Waals surface area contributed by atoms with Gasteiger partial charge in [-0.1, -0.05) is 87.2 Å². The lowest BCUT2D eigenvalue weighted by atomic mass is 10.0. The summed E-state index contributed by atoms with van der Waals surface area (Å²) in [6, 6.07) is 10.8. The van der Waals surface area contributed by atoms with Gasteiger partial charge >= 0.3 is 0 Å². The maximum atomic E-state index is 2.35. The molecule has 0 saturated heterocycles. The molecule has 0 nitrogen and oxygen atoms in total. The molecular weight excluding hydrogens is 252 g/mol. The molecule has 1 rings (SSSR count). The van der Waals surface area contributed by atoms with Gasteiger partial charge in [-0.15, -0.1) is 0 Å². The van der Waals surface area contributed by atoms with Crippen molar-refractivity contribution in [3.63, 3.8) is 0 Å². The van der Waals surface area contributed by atoms with Crippen LogP contribution in [0.5, 0.6) is 0 Å². The monoisotopic (exact) mass is 284 g/mol. The average Bonchev–Trinajstić information content (AvgIpc) is 2.53. The lowest BCUT2D eigenvalue weighted by Crippen LogP contribution is -1.85. The molecule has 21 heavy (non-hydrogen) atoms. The molecule has 0 aliphatic carbocycles. The van der Waals surface area contributed by atoms with Crippen molar-refractivity contribution in [2.24, 2.45) is 0 Å². The summed E-state index contributed by atoms with van der Waals surface area (Å²) in [7, 11) is 0. The second-order valence-corrected chi connectivity index (χ2v) is 5.76. The number of hydrogen-bond acceptors (Lipinski definition) is 0. The van der Waals surface area contributed by atoms with Crippen molar-refractivity contribution < 1.29 is 0 Å². The van der Waals surface area contributed by atoms with Crippen LogP contribution in [0, 0.1) is 0 Å².